The largest absolute Gasteiger partial charge is 0.368 e. The molecule has 2 aliphatic rings. The summed E-state index contributed by atoms with van der Waals surface area (Å²) >= 11 is 0. The smallest absolute Gasteiger partial charge is 0.295 e. The molecule has 0 saturated carbocycles. The number of anilines is 2. The van der Waals surface area contributed by atoms with Gasteiger partial charge in [0, 0.05) is 57.7 Å². The molecule has 1 aromatic carbocycles. The van der Waals surface area contributed by atoms with Gasteiger partial charge in [-0.05, 0) is 62.9 Å². The molecule has 4 heterocycles. The number of pyridine rings is 1. The maximum absolute atomic E-state index is 13.5. The lowest BCUT2D eigenvalue weighted by atomic mass is 9.96. The molecule has 0 radical (unpaired) electrons. The van der Waals surface area contributed by atoms with Gasteiger partial charge in [0.2, 0.25) is 5.91 Å². The molecular weight excluding hydrogens is 440 g/mol. The Morgan fingerprint density at radius 3 is 2.63 bits per heavy atom. The molecule has 3 aromatic rings. The number of amides is 1. The number of fused-ring (bicyclic) bond motifs is 1. The Morgan fingerprint density at radius 2 is 1.86 bits per heavy atom. The molecule has 8 heteroatoms. The van der Waals surface area contributed by atoms with Crippen molar-refractivity contribution in [1.29, 1.82) is 0 Å². The Balaban J connectivity index is 1.29. The molecule has 1 atom stereocenters. The van der Waals surface area contributed by atoms with Crippen LogP contribution in [0.5, 0.6) is 0 Å². The fourth-order valence-electron chi connectivity index (χ4n) is 5.42. The van der Waals surface area contributed by atoms with Crippen molar-refractivity contribution in [3.63, 3.8) is 0 Å². The van der Waals surface area contributed by atoms with Crippen molar-refractivity contribution in [3.05, 3.63) is 58.0 Å². The molecule has 2 aromatic heterocycles. The van der Waals surface area contributed by atoms with Crippen LogP contribution in [0.4, 0.5) is 11.5 Å². The van der Waals surface area contributed by atoms with E-state index in [9.17, 15) is 9.59 Å². The van der Waals surface area contributed by atoms with Crippen molar-refractivity contribution in [3.8, 4) is 0 Å². The van der Waals surface area contributed by atoms with Crippen LogP contribution in [0.15, 0.2) is 41.3 Å². The van der Waals surface area contributed by atoms with E-state index in [0.717, 1.165) is 45.6 Å². The quantitative estimate of drug-likeness (QED) is 0.579. The van der Waals surface area contributed by atoms with Crippen LogP contribution < -0.4 is 15.4 Å². The molecule has 0 unspecified atom stereocenters. The van der Waals surface area contributed by atoms with Crippen LogP contribution in [0.1, 0.15) is 30.9 Å². The van der Waals surface area contributed by atoms with E-state index >= 15 is 0 Å². The van der Waals surface area contributed by atoms with Gasteiger partial charge in [-0.3, -0.25) is 14.2 Å². The topological polar surface area (TPSA) is 74.6 Å². The lowest BCUT2D eigenvalue weighted by molar-refractivity contribution is -0.136. The third-order valence-corrected chi connectivity index (χ3v) is 7.37. The van der Waals surface area contributed by atoms with Gasteiger partial charge in [-0.2, -0.15) is 0 Å². The van der Waals surface area contributed by atoms with Crippen LogP contribution in [0, 0.1) is 19.8 Å². The molecule has 0 N–H and O–H groups in total. The predicted molar refractivity (Wildman–Crippen MR) is 139 cm³/mol. The van der Waals surface area contributed by atoms with Crippen molar-refractivity contribution in [2.24, 2.45) is 5.92 Å². The summed E-state index contributed by atoms with van der Waals surface area (Å²) in [5.74, 6) is 0.523. The molecule has 5 rings (SSSR count). The first-order chi connectivity index (χ1) is 17.0. The Bertz CT molecular complexity index is 1290. The zero-order valence-corrected chi connectivity index (χ0v) is 20.9. The summed E-state index contributed by atoms with van der Waals surface area (Å²) < 4.78 is 1.68. The van der Waals surface area contributed by atoms with E-state index in [1.54, 1.807) is 10.8 Å². The van der Waals surface area contributed by atoms with Crippen LogP contribution in [-0.2, 0) is 11.3 Å². The summed E-state index contributed by atoms with van der Waals surface area (Å²) in [6, 6.07) is 10.3. The van der Waals surface area contributed by atoms with Crippen molar-refractivity contribution in [2.45, 2.75) is 40.2 Å². The molecule has 1 amide bonds. The maximum atomic E-state index is 13.5. The summed E-state index contributed by atoms with van der Waals surface area (Å²) in [7, 11) is 0. The summed E-state index contributed by atoms with van der Waals surface area (Å²) in [4.78, 5) is 42.2. The Hall–Kier alpha value is -3.42. The minimum absolute atomic E-state index is 0.114. The molecule has 35 heavy (non-hydrogen) atoms. The lowest BCUT2D eigenvalue weighted by Crippen LogP contribution is -2.53. The van der Waals surface area contributed by atoms with Gasteiger partial charge in [0.1, 0.15) is 5.52 Å². The second kappa shape index (κ2) is 9.68. The summed E-state index contributed by atoms with van der Waals surface area (Å²) in [5.41, 5.74) is 4.98. The molecule has 0 spiro atoms. The second-order valence-electron chi connectivity index (χ2n) is 9.72. The van der Waals surface area contributed by atoms with Crippen LogP contribution in [0.2, 0.25) is 0 Å². The number of carbonyl (C=O) groups excluding carboxylic acids is 1. The van der Waals surface area contributed by atoms with E-state index in [0.29, 0.717) is 30.1 Å². The SMILES string of the molecule is CCn1c(=O)c(N2CCC[C@@H](C(=O)N3CCN(c4cc(C)ccc4C)CC3)C2)nc2cccnc21. The van der Waals surface area contributed by atoms with Crippen LogP contribution in [0.25, 0.3) is 11.2 Å². The molecule has 0 bridgehead atoms. The highest BCUT2D eigenvalue weighted by atomic mass is 16.2. The molecular formula is C27H34N6O2. The third kappa shape index (κ3) is 4.49. The summed E-state index contributed by atoms with van der Waals surface area (Å²) in [6.07, 6.45) is 3.41. The zero-order chi connectivity index (χ0) is 24.5. The average molecular weight is 475 g/mol. The Labute approximate surface area is 206 Å². The zero-order valence-electron chi connectivity index (χ0n) is 20.9. The number of aromatic nitrogens is 3. The van der Waals surface area contributed by atoms with Gasteiger partial charge in [-0.15, -0.1) is 0 Å². The second-order valence-corrected chi connectivity index (χ2v) is 9.72. The van der Waals surface area contributed by atoms with E-state index in [1.807, 2.05) is 28.9 Å². The van der Waals surface area contributed by atoms with Gasteiger partial charge in [0.15, 0.2) is 11.5 Å². The van der Waals surface area contributed by atoms with Gasteiger partial charge in [-0.1, -0.05) is 12.1 Å². The predicted octanol–water partition coefficient (Wildman–Crippen LogP) is 2.99. The van der Waals surface area contributed by atoms with E-state index in [2.05, 4.69) is 46.9 Å². The third-order valence-electron chi connectivity index (χ3n) is 7.37. The highest BCUT2D eigenvalue weighted by Crippen LogP contribution is 2.26. The van der Waals surface area contributed by atoms with E-state index in [1.165, 1.54) is 16.8 Å². The number of aryl methyl sites for hydroxylation is 3. The monoisotopic (exact) mass is 474 g/mol. The number of piperidine rings is 1. The average Bonchev–Trinajstić information content (AvgIpc) is 2.89. The van der Waals surface area contributed by atoms with Crippen molar-refractivity contribution in [2.75, 3.05) is 49.1 Å². The number of piperazine rings is 1. The summed E-state index contributed by atoms with van der Waals surface area (Å²) in [6.45, 7) is 11.1. The fourth-order valence-corrected chi connectivity index (χ4v) is 5.42. The minimum Gasteiger partial charge on any atom is -0.368 e. The highest BCUT2D eigenvalue weighted by molar-refractivity contribution is 5.80. The highest BCUT2D eigenvalue weighted by Gasteiger charge is 2.33. The number of nitrogens with zero attached hydrogens (tertiary/aromatic N) is 6. The van der Waals surface area contributed by atoms with Gasteiger partial charge in [0.05, 0.1) is 5.92 Å². The molecule has 2 aliphatic heterocycles. The molecule has 0 aliphatic carbocycles. The first-order valence-electron chi connectivity index (χ1n) is 12.7. The minimum atomic E-state index is -0.131. The van der Waals surface area contributed by atoms with Crippen LogP contribution >= 0.6 is 0 Å². The van der Waals surface area contributed by atoms with Crippen molar-refractivity contribution < 1.29 is 4.79 Å². The lowest BCUT2D eigenvalue weighted by Gasteiger charge is -2.40. The first kappa shape index (κ1) is 23.3. The number of benzene rings is 1. The standard InChI is InChI=1S/C27H34N6O2/c1-4-33-24-22(8-5-11-28-24)29-25(27(33)35)32-12-6-7-21(18-32)26(34)31-15-13-30(14-16-31)23-17-19(2)9-10-20(23)3/h5,8-11,17,21H,4,6-7,12-16,18H2,1-3H3/t21-/m1/s1. The van der Waals surface area contributed by atoms with Gasteiger partial charge < -0.3 is 14.7 Å². The van der Waals surface area contributed by atoms with E-state index in [4.69, 9.17) is 0 Å². The van der Waals surface area contributed by atoms with Crippen molar-refractivity contribution >= 4 is 28.6 Å². The van der Waals surface area contributed by atoms with Crippen molar-refractivity contribution in [1.82, 2.24) is 19.4 Å². The molecule has 2 fully saturated rings. The number of carbonyl (C=O) groups is 1. The molecule has 2 saturated heterocycles. The van der Waals surface area contributed by atoms with Gasteiger partial charge in [0.25, 0.3) is 5.56 Å². The van der Waals surface area contributed by atoms with Crippen LogP contribution in [-0.4, -0.2) is 64.6 Å². The van der Waals surface area contributed by atoms with Gasteiger partial charge >= 0.3 is 0 Å². The Kier molecular flexibility index (Phi) is 6.45. The fraction of sp³-hybridized carbons (Fsp3) is 0.481. The molecule has 8 nitrogen and oxygen atoms in total. The molecule has 184 valence electrons. The summed E-state index contributed by atoms with van der Waals surface area (Å²) in [5, 5.41) is 0. The first-order valence-corrected chi connectivity index (χ1v) is 12.7. The number of hydrogen-bond donors (Lipinski definition) is 0. The normalized spacial score (nSPS) is 18.8. The number of rotatable bonds is 4. The maximum Gasteiger partial charge on any atom is 0.295 e. The van der Waals surface area contributed by atoms with Crippen LogP contribution in [0.3, 0.4) is 0 Å². The van der Waals surface area contributed by atoms with E-state index < -0.39 is 0 Å². The van der Waals surface area contributed by atoms with Gasteiger partial charge in [-0.25, -0.2) is 9.97 Å². The Morgan fingerprint density at radius 1 is 1.06 bits per heavy atom. The number of hydrogen-bond acceptors (Lipinski definition) is 6. The van der Waals surface area contributed by atoms with E-state index in [-0.39, 0.29) is 17.4 Å².